The minimum absolute atomic E-state index is 0.103. The lowest BCUT2D eigenvalue weighted by atomic mass is 9.98. The van der Waals surface area contributed by atoms with Crippen LogP contribution >= 0.6 is 0 Å². The number of carboxylic acids is 1. The SMILES string of the molecule is CCC(=O)C(N)CC(C)CN1CCC(C(=O)O)C1. The zero-order chi connectivity index (χ0) is 13.7. The summed E-state index contributed by atoms with van der Waals surface area (Å²) in [5.74, 6) is -0.513. The largest absolute Gasteiger partial charge is 0.481 e. The topological polar surface area (TPSA) is 83.6 Å². The van der Waals surface area contributed by atoms with Crippen molar-refractivity contribution in [3.63, 3.8) is 0 Å². The average Bonchev–Trinajstić information content (AvgIpc) is 2.76. The molecule has 0 aromatic rings. The summed E-state index contributed by atoms with van der Waals surface area (Å²) < 4.78 is 0. The summed E-state index contributed by atoms with van der Waals surface area (Å²) in [5.41, 5.74) is 5.82. The Morgan fingerprint density at radius 2 is 2.17 bits per heavy atom. The van der Waals surface area contributed by atoms with Gasteiger partial charge in [0.05, 0.1) is 12.0 Å². The maximum atomic E-state index is 11.4. The first-order valence-electron chi connectivity index (χ1n) is 6.67. The Morgan fingerprint density at radius 1 is 1.50 bits per heavy atom. The molecule has 3 atom stereocenters. The summed E-state index contributed by atoms with van der Waals surface area (Å²) in [6.45, 7) is 6.17. The van der Waals surface area contributed by atoms with E-state index in [1.807, 2.05) is 6.92 Å². The molecule has 0 aromatic heterocycles. The predicted octanol–water partition coefficient (Wildman–Crippen LogP) is 0.726. The van der Waals surface area contributed by atoms with Crippen molar-refractivity contribution < 1.29 is 14.7 Å². The monoisotopic (exact) mass is 256 g/mol. The molecule has 1 fully saturated rings. The lowest BCUT2D eigenvalue weighted by Crippen LogP contribution is -2.35. The number of hydrogen-bond donors (Lipinski definition) is 2. The maximum Gasteiger partial charge on any atom is 0.307 e. The van der Waals surface area contributed by atoms with Crippen molar-refractivity contribution in [3.8, 4) is 0 Å². The number of hydrogen-bond acceptors (Lipinski definition) is 4. The molecule has 104 valence electrons. The van der Waals surface area contributed by atoms with E-state index in [0.717, 1.165) is 19.5 Å². The zero-order valence-corrected chi connectivity index (χ0v) is 11.3. The molecule has 1 aliphatic heterocycles. The number of ketones is 1. The van der Waals surface area contributed by atoms with Crippen molar-refractivity contribution in [2.24, 2.45) is 17.6 Å². The van der Waals surface area contributed by atoms with Gasteiger partial charge in [-0.3, -0.25) is 9.59 Å². The molecule has 0 bridgehead atoms. The normalized spacial score (nSPS) is 23.8. The van der Waals surface area contributed by atoms with Gasteiger partial charge in [0.1, 0.15) is 5.78 Å². The molecular formula is C13H24N2O3. The van der Waals surface area contributed by atoms with Gasteiger partial charge in [0, 0.05) is 19.5 Å². The van der Waals surface area contributed by atoms with Gasteiger partial charge in [-0.05, 0) is 25.3 Å². The molecule has 0 amide bonds. The van der Waals surface area contributed by atoms with Crippen LogP contribution in [-0.4, -0.2) is 47.4 Å². The quantitative estimate of drug-likeness (QED) is 0.701. The van der Waals surface area contributed by atoms with Gasteiger partial charge in [-0.2, -0.15) is 0 Å². The van der Waals surface area contributed by atoms with Gasteiger partial charge in [0.2, 0.25) is 0 Å². The lowest BCUT2D eigenvalue weighted by Gasteiger charge is -2.22. The summed E-state index contributed by atoms with van der Waals surface area (Å²) in [6, 6.07) is -0.372. The number of carbonyl (C=O) groups excluding carboxylic acids is 1. The lowest BCUT2D eigenvalue weighted by molar-refractivity contribution is -0.141. The van der Waals surface area contributed by atoms with Crippen LogP contribution in [0.25, 0.3) is 0 Å². The molecule has 0 saturated carbocycles. The van der Waals surface area contributed by atoms with Gasteiger partial charge in [0.25, 0.3) is 0 Å². The first-order valence-corrected chi connectivity index (χ1v) is 6.67. The second kappa shape index (κ2) is 6.85. The van der Waals surface area contributed by atoms with Crippen LogP contribution in [0.2, 0.25) is 0 Å². The minimum Gasteiger partial charge on any atom is -0.481 e. The van der Waals surface area contributed by atoms with Crippen LogP contribution in [0.1, 0.15) is 33.1 Å². The molecule has 0 spiro atoms. The van der Waals surface area contributed by atoms with E-state index < -0.39 is 5.97 Å². The molecule has 3 unspecified atom stereocenters. The molecule has 0 aliphatic carbocycles. The number of carboxylic acid groups (broad SMARTS) is 1. The molecule has 1 saturated heterocycles. The standard InChI is InChI=1S/C13H24N2O3/c1-3-12(16)11(14)6-9(2)7-15-5-4-10(8-15)13(17)18/h9-11H,3-8,14H2,1-2H3,(H,17,18). The number of nitrogens with zero attached hydrogens (tertiary/aromatic N) is 1. The van der Waals surface area contributed by atoms with Crippen molar-refractivity contribution >= 4 is 11.8 Å². The van der Waals surface area contributed by atoms with Crippen molar-refractivity contribution in [2.45, 2.75) is 39.2 Å². The van der Waals surface area contributed by atoms with E-state index in [1.165, 1.54) is 0 Å². The zero-order valence-electron chi connectivity index (χ0n) is 11.3. The van der Waals surface area contributed by atoms with E-state index in [1.54, 1.807) is 0 Å². The van der Waals surface area contributed by atoms with Crippen molar-refractivity contribution in [1.82, 2.24) is 4.90 Å². The second-order valence-electron chi connectivity index (χ2n) is 5.35. The predicted molar refractivity (Wildman–Crippen MR) is 69.2 cm³/mol. The van der Waals surface area contributed by atoms with E-state index in [-0.39, 0.29) is 17.7 Å². The second-order valence-corrected chi connectivity index (χ2v) is 5.35. The Bertz CT molecular complexity index is 307. The number of rotatable bonds is 7. The Hall–Kier alpha value is -0.940. The highest BCUT2D eigenvalue weighted by Crippen LogP contribution is 2.19. The third kappa shape index (κ3) is 4.38. The van der Waals surface area contributed by atoms with Gasteiger partial charge in [0.15, 0.2) is 0 Å². The fourth-order valence-corrected chi connectivity index (χ4v) is 2.54. The highest BCUT2D eigenvalue weighted by molar-refractivity contribution is 5.83. The van der Waals surface area contributed by atoms with Crippen LogP contribution in [0.15, 0.2) is 0 Å². The highest BCUT2D eigenvalue weighted by atomic mass is 16.4. The van der Waals surface area contributed by atoms with Crippen LogP contribution in [0.5, 0.6) is 0 Å². The average molecular weight is 256 g/mol. The summed E-state index contributed by atoms with van der Waals surface area (Å²) in [6.07, 6.45) is 1.89. The molecular weight excluding hydrogens is 232 g/mol. The maximum absolute atomic E-state index is 11.4. The van der Waals surface area contributed by atoms with Gasteiger partial charge in [-0.15, -0.1) is 0 Å². The Labute approximate surface area is 108 Å². The van der Waals surface area contributed by atoms with Crippen LogP contribution in [0.4, 0.5) is 0 Å². The van der Waals surface area contributed by atoms with Gasteiger partial charge >= 0.3 is 5.97 Å². The van der Waals surface area contributed by atoms with Crippen LogP contribution in [0.3, 0.4) is 0 Å². The molecule has 1 heterocycles. The summed E-state index contributed by atoms with van der Waals surface area (Å²) >= 11 is 0. The third-order valence-electron chi connectivity index (χ3n) is 3.61. The van der Waals surface area contributed by atoms with Gasteiger partial charge in [-0.1, -0.05) is 13.8 Å². The molecule has 5 heteroatoms. The van der Waals surface area contributed by atoms with E-state index in [4.69, 9.17) is 10.8 Å². The Balaban J connectivity index is 2.31. The highest BCUT2D eigenvalue weighted by Gasteiger charge is 2.29. The third-order valence-corrected chi connectivity index (χ3v) is 3.61. The van der Waals surface area contributed by atoms with E-state index >= 15 is 0 Å². The van der Waals surface area contributed by atoms with E-state index in [9.17, 15) is 9.59 Å². The van der Waals surface area contributed by atoms with E-state index in [2.05, 4.69) is 11.8 Å². The summed E-state index contributed by atoms with van der Waals surface area (Å²) in [5, 5.41) is 8.92. The fraction of sp³-hybridized carbons (Fsp3) is 0.846. The molecule has 18 heavy (non-hydrogen) atoms. The smallest absolute Gasteiger partial charge is 0.307 e. The Kier molecular flexibility index (Phi) is 5.75. The van der Waals surface area contributed by atoms with Crippen molar-refractivity contribution in [3.05, 3.63) is 0 Å². The molecule has 1 rings (SSSR count). The first-order chi connectivity index (χ1) is 8.43. The number of nitrogens with two attached hydrogens (primary N) is 1. The van der Waals surface area contributed by atoms with Crippen molar-refractivity contribution in [1.29, 1.82) is 0 Å². The first kappa shape index (κ1) is 15.1. The summed E-state index contributed by atoms with van der Waals surface area (Å²) in [4.78, 5) is 24.4. The summed E-state index contributed by atoms with van der Waals surface area (Å²) in [7, 11) is 0. The van der Waals surface area contributed by atoms with Crippen LogP contribution < -0.4 is 5.73 Å². The minimum atomic E-state index is -0.706. The van der Waals surface area contributed by atoms with Gasteiger partial charge < -0.3 is 15.7 Å². The van der Waals surface area contributed by atoms with E-state index in [0.29, 0.717) is 25.3 Å². The van der Waals surface area contributed by atoms with Crippen molar-refractivity contribution in [2.75, 3.05) is 19.6 Å². The number of carbonyl (C=O) groups is 2. The molecule has 3 N–H and O–H groups in total. The number of aliphatic carboxylic acids is 1. The molecule has 5 nitrogen and oxygen atoms in total. The number of Topliss-reactive ketones (excluding diaryl/α,β-unsaturated/α-hetero) is 1. The van der Waals surface area contributed by atoms with Gasteiger partial charge in [-0.25, -0.2) is 0 Å². The van der Waals surface area contributed by atoms with Crippen LogP contribution in [0, 0.1) is 11.8 Å². The fourth-order valence-electron chi connectivity index (χ4n) is 2.54. The molecule has 0 radical (unpaired) electrons. The molecule has 0 aromatic carbocycles. The molecule has 1 aliphatic rings. The van der Waals surface area contributed by atoms with Crippen LogP contribution in [-0.2, 0) is 9.59 Å². The Morgan fingerprint density at radius 3 is 2.67 bits per heavy atom. The number of likely N-dealkylation sites (tertiary alicyclic amines) is 1.